The molecule has 1 aliphatic heterocycles. The Bertz CT molecular complexity index is 856. The van der Waals surface area contributed by atoms with Crippen LogP contribution in [-0.4, -0.2) is 28.0 Å². The highest BCUT2D eigenvalue weighted by molar-refractivity contribution is 5.92. The SMILES string of the molecule is Cl.O=C(CC1CCCN1)Nc1nc2ccccc2n1-c1ccccc1. The number of anilines is 1. The summed E-state index contributed by atoms with van der Waals surface area (Å²) >= 11 is 0. The first kappa shape index (κ1) is 17.5. The predicted molar refractivity (Wildman–Crippen MR) is 103 cm³/mol. The number of hydrogen-bond acceptors (Lipinski definition) is 3. The second-order valence-electron chi connectivity index (χ2n) is 6.14. The number of para-hydroxylation sites is 3. The second-order valence-corrected chi connectivity index (χ2v) is 6.14. The third-order valence-corrected chi connectivity index (χ3v) is 4.42. The monoisotopic (exact) mass is 356 g/mol. The van der Waals surface area contributed by atoms with E-state index < -0.39 is 0 Å². The maximum Gasteiger partial charge on any atom is 0.228 e. The van der Waals surface area contributed by atoms with Gasteiger partial charge in [0.15, 0.2) is 0 Å². The lowest BCUT2D eigenvalue weighted by atomic mass is 10.1. The van der Waals surface area contributed by atoms with E-state index in [4.69, 9.17) is 0 Å². The van der Waals surface area contributed by atoms with E-state index in [9.17, 15) is 4.79 Å². The summed E-state index contributed by atoms with van der Waals surface area (Å²) in [6, 6.07) is 18.2. The van der Waals surface area contributed by atoms with E-state index in [0.717, 1.165) is 36.1 Å². The summed E-state index contributed by atoms with van der Waals surface area (Å²) in [7, 11) is 0. The quantitative estimate of drug-likeness (QED) is 0.751. The van der Waals surface area contributed by atoms with Crippen LogP contribution in [0.15, 0.2) is 54.6 Å². The van der Waals surface area contributed by atoms with Gasteiger partial charge in [0.1, 0.15) is 0 Å². The lowest BCUT2D eigenvalue weighted by Gasteiger charge is -2.12. The predicted octanol–water partition coefficient (Wildman–Crippen LogP) is 3.53. The minimum Gasteiger partial charge on any atom is -0.313 e. The Labute approximate surface area is 152 Å². The molecule has 0 aliphatic carbocycles. The number of carbonyl (C=O) groups excluding carboxylic acids is 1. The molecule has 5 nitrogen and oxygen atoms in total. The molecule has 1 aliphatic rings. The average Bonchev–Trinajstić information content (AvgIpc) is 3.22. The summed E-state index contributed by atoms with van der Waals surface area (Å²) in [5.41, 5.74) is 2.84. The molecular weight excluding hydrogens is 336 g/mol. The highest BCUT2D eigenvalue weighted by Gasteiger charge is 2.20. The molecule has 4 rings (SSSR count). The zero-order chi connectivity index (χ0) is 16.4. The van der Waals surface area contributed by atoms with E-state index in [1.807, 2.05) is 59.2 Å². The van der Waals surface area contributed by atoms with E-state index in [1.165, 1.54) is 0 Å². The molecule has 2 N–H and O–H groups in total. The molecule has 0 radical (unpaired) electrons. The highest BCUT2D eigenvalue weighted by atomic mass is 35.5. The number of benzene rings is 2. The van der Waals surface area contributed by atoms with Gasteiger partial charge >= 0.3 is 0 Å². The van der Waals surface area contributed by atoms with E-state index in [1.54, 1.807) is 0 Å². The molecule has 0 saturated carbocycles. The van der Waals surface area contributed by atoms with Gasteiger partial charge in [-0.25, -0.2) is 4.98 Å². The van der Waals surface area contributed by atoms with Crippen molar-refractivity contribution in [2.24, 2.45) is 0 Å². The summed E-state index contributed by atoms with van der Waals surface area (Å²) < 4.78 is 2.00. The van der Waals surface area contributed by atoms with Crippen molar-refractivity contribution in [3.63, 3.8) is 0 Å². The number of nitrogens with zero attached hydrogens (tertiary/aromatic N) is 2. The summed E-state index contributed by atoms with van der Waals surface area (Å²) in [5, 5.41) is 6.36. The van der Waals surface area contributed by atoms with E-state index in [0.29, 0.717) is 12.4 Å². The number of hydrogen-bond donors (Lipinski definition) is 2. The maximum absolute atomic E-state index is 12.4. The molecule has 6 heteroatoms. The van der Waals surface area contributed by atoms with Gasteiger partial charge in [-0.15, -0.1) is 12.4 Å². The normalized spacial score (nSPS) is 16.6. The molecule has 2 aromatic carbocycles. The Hall–Kier alpha value is -2.37. The van der Waals surface area contributed by atoms with Crippen LogP contribution in [0, 0.1) is 0 Å². The third-order valence-electron chi connectivity index (χ3n) is 4.42. The van der Waals surface area contributed by atoms with Crippen molar-refractivity contribution in [1.82, 2.24) is 14.9 Å². The fourth-order valence-corrected chi connectivity index (χ4v) is 3.28. The Morgan fingerprint density at radius 1 is 1.16 bits per heavy atom. The topological polar surface area (TPSA) is 59.0 Å². The van der Waals surface area contributed by atoms with Gasteiger partial charge in [0.2, 0.25) is 11.9 Å². The largest absolute Gasteiger partial charge is 0.313 e. The number of halogens is 1. The molecule has 1 amide bonds. The van der Waals surface area contributed by atoms with Crippen molar-refractivity contribution < 1.29 is 4.79 Å². The van der Waals surface area contributed by atoms with Crippen molar-refractivity contribution in [2.45, 2.75) is 25.3 Å². The van der Waals surface area contributed by atoms with E-state index >= 15 is 0 Å². The van der Waals surface area contributed by atoms with Crippen LogP contribution in [0.4, 0.5) is 5.95 Å². The van der Waals surface area contributed by atoms with E-state index in [-0.39, 0.29) is 24.4 Å². The van der Waals surface area contributed by atoms with Crippen LogP contribution >= 0.6 is 12.4 Å². The lowest BCUT2D eigenvalue weighted by molar-refractivity contribution is -0.116. The van der Waals surface area contributed by atoms with Gasteiger partial charge in [0.05, 0.1) is 11.0 Å². The van der Waals surface area contributed by atoms with Gasteiger partial charge in [0.25, 0.3) is 0 Å². The molecule has 1 saturated heterocycles. The van der Waals surface area contributed by atoms with Gasteiger partial charge in [0, 0.05) is 18.2 Å². The fraction of sp³-hybridized carbons (Fsp3) is 0.263. The number of rotatable bonds is 4. The first-order valence-electron chi connectivity index (χ1n) is 8.37. The van der Waals surface area contributed by atoms with Crippen molar-refractivity contribution in [3.8, 4) is 5.69 Å². The van der Waals surface area contributed by atoms with Crippen LogP contribution in [0.3, 0.4) is 0 Å². The molecule has 1 fully saturated rings. The Morgan fingerprint density at radius 2 is 1.92 bits per heavy atom. The third kappa shape index (κ3) is 3.67. The smallest absolute Gasteiger partial charge is 0.228 e. The van der Waals surface area contributed by atoms with Gasteiger partial charge in [-0.1, -0.05) is 30.3 Å². The van der Waals surface area contributed by atoms with Crippen LogP contribution in [0.25, 0.3) is 16.7 Å². The first-order chi connectivity index (χ1) is 11.8. The highest BCUT2D eigenvalue weighted by Crippen LogP contribution is 2.24. The number of nitrogens with one attached hydrogen (secondary N) is 2. The fourth-order valence-electron chi connectivity index (χ4n) is 3.28. The molecule has 25 heavy (non-hydrogen) atoms. The van der Waals surface area contributed by atoms with Gasteiger partial charge in [-0.3, -0.25) is 14.7 Å². The number of aromatic nitrogens is 2. The molecule has 0 spiro atoms. The van der Waals surface area contributed by atoms with Crippen LogP contribution in [0.2, 0.25) is 0 Å². The van der Waals surface area contributed by atoms with Gasteiger partial charge < -0.3 is 5.32 Å². The molecule has 1 atom stereocenters. The lowest BCUT2D eigenvalue weighted by Crippen LogP contribution is -2.28. The molecule has 130 valence electrons. The maximum atomic E-state index is 12.4. The number of carbonyl (C=O) groups is 1. The Balaban J connectivity index is 0.00000182. The number of fused-ring (bicyclic) bond motifs is 1. The van der Waals surface area contributed by atoms with E-state index in [2.05, 4.69) is 15.6 Å². The van der Waals surface area contributed by atoms with Crippen molar-refractivity contribution in [2.75, 3.05) is 11.9 Å². The average molecular weight is 357 g/mol. The summed E-state index contributed by atoms with van der Waals surface area (Å²) in [4.78, 5) is 17.0. The molecule has 1 unspecified atom stereocenters. The number of amides is 1. The van der Waals surface area contributed by atoms with Gasteiger partial charge in [-0.2, -0.15) is 0 Å². The summed E-state index contributed by atoms with van der Waals surface area (Å²) in [6.07, 6.45) is 2.68. The molecule has 0 bridgehead atoms. The van der Waals surface area contributed by atoms with Crippen LogP contribution in [0.5, 0.6) is 0 Å². The zero-order valence-corrected chi connectivity index (χ0v) is 14.6. The second kappa shape index (κ2) is 7.68. The molecule has 1 aromatic heterocycles. The van der Waals surface area contributed by atoms with Crippen LogP contribution in [-0.2, 0) is 4.79 Å². The van der Waals surface area contributed by atoms with Gasteiger partial charge in [-0.05, 0) is 43.7 Å². The van der Waals surface area contributed by atoms with Crippen molar-refractivity contribution in [3.05, 3.63) is 54.6 Å². The van der Waals surface area contributed by atoms with Crippen LogP contribution in [0.1, 0.15) is 19.3 Å². The summed E-state index contributed by atoms with van der Waals surface area (Å²) in [6.45, 7) is 1.00. The molecule has 2 heterocycles. The first-order valence-corrected chi connectivity index (χ1v) is 8.37. The molecule has 3 aromatic rings. The van der Waals surface area contributed by atoms with Crippen molar-refractivity contribution >= 4 is 35.3 Å². The van der Waals surface area contributed by atoms with Crippen molar-refractivity contribution in [1.29, 1.82) is 0 Å². The number of imidazole rings is 1. The zero-order valence-electron chi connectivity index (χ0n) is 13.8. The Kier molecular flexibility index (Phi) is 5.36. The molecular formula is C19H21ClN4O. The minimum atomic E-state index is 0. The van der Waals surface area contributed by atoms with Crippen LogP contribution < -0.4 is 10.6 Å². The summed E-state index contributed by atoms with van der Waals surface area (Å²) in [5.74, 6) is 0.576. The minimum absolute atomic E-state index is 0. The standard InChI is InChI=1S/C19H20N4O.ClH/c24-18(13-14-7-6-12-20-14)22-19-21-16-10-4-5-11-17(16)23(19)15-8-2-1-3-9-15;/h1-5,8-11,14,20H,6-7,12-13H2,(H,21,22,24);1H. The Morgan fingerprint density at radius 3 is 2.68 bits per heavy atom.